The maximum absolute atomic E-state index is 4.12. The molecule has 0 aliphatic heterocycles. The molecule has 0 radical (unpaired) electrons. The summed E-state index contributed by atoms with van der Waals surface area (Å²) in [6, 6.07) is 4.70. The van der Waals surface area contributed by atoms with Crippen LogP contribution in [-0.4, -0.2) is 29.6 Å². The van der Waals surface area contributed by atoms with E-state index in [4.69, 9.17) is 0 Å². The van der Waals surface area contributed by atoms with E-state index in [1.807, 2.05) is 30.2 Å². The quantitative estimate of drug-likeness (QED) is 0.777. The first-order chi connectivity index (χ1) is 6.86. The molecule has 1 unspecified atom stereocenters. The highest BCUT2D eigenvalue weighted by Crippen LogP contribution is 2.05. The first kappa shape index (κ1) is 11.5. The summed E-state index contributed by atoms with van der Waals surface area (Å²) < 4.78 is 0. The van der Waals surface area contributed by atoms with Gasteiger partial charge in [0.05, 0.1) is 0 Å². The van der Waals surface area contributed by atoms with E-state index in [2.05, 4.69) is 29.5 Å². The number of rotatable bonds is 6. The molecule has 1 aromatic heterocycles. The molecule has 1 rings (SSSR count). The Kier molecular flexibility index (Phi) is 5.64. The Hall–Kier alpha value is -0.540. The van der Waals surface area contributed by atoms with Crippen molar-refractivity contribution in [1.82, 2.24) is 10.3 Å². The molecule has 1 N–H and O–H groups in total. The third-order valence-corrected chi connectivity index (χ3v) is 2.80. The zero-order valence-corrected chi connectivity index (χ0v) is 9.68. The van der Waals surface area contributed by atoms with Crippen LogP contribution in [0, 0.1) is 0 Å². The molecule has 0 aliphatic carbocycles. The van der Waals surface area contributed by atoms with Gasteiger partial charge in [0.25, 0.3) is 0 Å². The van der Waals surface area contributed by atoms with Crippen molar-refractivity contribution in [3.05, 3.63) is 30.1 Å². The smallest absolute Gasteiger partial charge is 0.0300 e. The molecular formula is C11H18N2S. The minimum atomic E-state index is 0.569. The molecule has 1 aromatic rings. The van der Waals surface area contributed by atoms with E-state index < -0.39 is 0 Å². The topological polar surface area (TPSA) is 24.9 Å². The highest BCUT2D eigenvalue weighted by atomic mass is 32.2. The zero-order valence-electron chi connectivity index (χ0n) is 8.86. The molecular weight excluding hydrogens is 192 g/mol. The Bertz CT molecular complexity index is 232. The number of aromatic nitrogens is 1. The molecule has 0 amide bonds. The average molecular weight is 210 g/mol. The van der Waals surface area contributed by atoms with Gasteiger partial charge in [0.2, 0.25) is 0 Å². The van der Waals surface area contributed by atoms with Crippen molar-refractivity contribution in [1.29, 1.82) is 0 Å². The van der Waals surface area contributed by atoms with Gasteiger partial charge in [-0.1, -0.05) is 13.0 Å². The zero-order chi connectivity index (χ0) is 10.2. The van der Waals surface area contributed by atoms with Crippen LogP contribution in [0.3, 0.4) is 0 Å². The molecule has 0 saturated heterocycles. The molecule has 0 bridgehead atoms. The van der Waals surface area contributed by atoms with Gasteiger partial charge in [-0.05, 0) is 30.9 Å². The maximum Gasteiger partial charge on any atom is 0.0300 e. The van der Waals surface area contributed by atoms with Crippen LogP contribution in [0.25, 0.3) is 0 Å². The standard InChI is InChI=1S/C11H18N2S/c1-3-13-11(9-14-2)7-10-5-4-6-12-8-10/h4-6,8,11,13H,3,7,9H2,1-2H3. The third-order valence-electron chi connectivity index (χ3n) is 2.07. The summed E-state index contributed by atoms with van der Waals surface area (Å²) in [5, 5.41) is 3.48. The number of hydrogen-bond donors (Lipinski definition) is 1. The van der Waals surface area contributed by atoms with Crippen molar-refractivity contribution in [2.24, 2.45) is 0 Å². The lowest BCUT2D eigenvalue weighted by atomic mass is 10.1. The number of likely N-dealkylation sites (N-methyl/N-ethyl adjacent to an activating group) is 1. The van der Waals surface area contributed by atoms with Crippen molar-refractivity contribution in [3.63, 3.8) is 0 Å². The maximum atomic E-state index is 4.12. The predicted molar refractivity (Wildman–Crippen MR) is 63.8 cm³/mol. The molecule has 1 heterocycles. The second kappa shape index (κ2) is 6.85. The van der Waals surface area contributed by atoms with Crippen LogP contribution in [-0.2, 0) is 6.42 Å². The van der Waals surface area contributed by atoms with Gasteiger partial charge in [-0.3, -0.25) is 4.98 Å². The van der Waals surface area contributed by atoms with Crippen LogP contribution < -0.4 is 5.32 Å². The van der Waals surface area contributed by atoms with E-state index in [0.717, 1.165) is 18.7 Å². The molecule has 0 aliphatic rings. The molecule has 14 heavy (non-hydrogen) atoms. The van der Waals surface area contributed by atoms with Gasteiger partial charge in [-0.15, -0.1) is 0 Å². The van der Waals surface area contributed by atoms with Gasteiger partial charge >= 0.3 is 0 Å². The summed E-state index contributed by atoms with van der Waals surface area (Å²) in [4.78, 5) is 4.12. The van der Waals surface area contributed by atoms with Crippen LogP contribution in [0.15, 0.2) is 24.5 Å². The van der Waals surface area contributed by atoms with Gasteiger partial charge in [0.15, 0.2) is 0 Å². The summed E-state index contributed by atoms with van der Waals surface area (Å²) in [7, 11) is 0. The number of thioether (sulfide) groups is 1. The molecule has 0 fully saturated rings. The summed E-state index contributed by atoms with van der Waals surface area (Å²) in [6.45, 7) is 3.18. The van der Waals surface area contributed by atoms with Gasteiger partial charge in [0, 0.05) is 24.2 Å². The Morgan fingerprint density at radius 2 is 2.43 bits per heavy atom. The number of nitrogens with zero attached hydrogens (tertiary/aromatic N) is 1. The van der Waals surface area contributed by atoms with E-state index >= 15 is 0 Å². The molecule has 0 spiro atoms. The van der Waals surface area contributed by atoms with Gasteiger partial charge < -0.3 is 5.32 Å². The van der Waals surface area contributed by atoms with Crippen LogP contribution in [0.5, 0.6) is 0 Å². The Morgan fingerprint density at radius 3 is 3.00 bits per heavy atom. The fraction of sp³-hybridized carbons (Fsp3) is 0.545. The minimum Gasteiger partial charge on any atom is -0.313 e. The lowest BCUT2D eigenvalue weighted by Crippen LogP contribution is -2.33. The van der Waals surface area contributed by atoms with Crippen LogP contribution in [0.1, 0.15) is 12.5 Å². The van der Waals surface area contributed by atoms with Crippen molar-refractivity contribution >= 4 is 11.8 Å². The highest BCUT2D eigenvalue weighted by Gasteiger charge is 2.06. The molecule has 78 valence electrons. The summed E-state index contributed by atoms with van der Waals surface area (Å²) in [5.41, 5.74) is 1.31. The second-order valence-corrected chi connectivity index (χ2v) is 4.19. The van der Waals surface area contributed by atoms with Crippen molar-refractivity contribution in [3.8, 4) is 0 Å². The van der Waals surface area contributed by atoms with Crippen LogP contribution in [0.4, 0.5) is 0 Å². The lowest BCUT2D eigenvalue weighted by Gasteiger charge is -2.16. The predicted octanol–water partition coefficient (Wildman–Crippen LogP) is 1.97. The van der Waals surface area contributed by atoms with E-state index in [9.17, 15) is 0 Å². The normalized spacial score (nSPS) is 12.7. The van der Waals surface area contributed by atoms with E-state index in [1.54, 1.807) is 0 Å². The first-order valence-electron chi connectivity index (χ1n) is 4.98. The number of pyridine rings is 1. The molecule has 0 aromatic carbocycles. The molecule has 3 heteroatoms. The molecule has 2 nitrogen and oxygen atoms in total. The first-order valence-corrected chi connectivity index (χ1v) is 6.37. The van der Waals surface area contributed by atoms with Gasteiger partial charge in [-0.2, -0.15) is 11.8 Å². The Balaban J connectivity index is 2.46. The Morgan fingerprint density at radius 1 is 1.57 bits per heavy atom. The fourth-order valence-corrected chi connectivity index (χ4v) is 2.12. The summed E-state index contributed by atoms with van der Waals surface area (Å²) in [6.07, 6.45) is 6.99. The monoisotopic (exact) mass is 210 g/mol. The van der Waals surface area contributed by atoms with E-state index in [0.29, 0.717) is 6.04 Å². The summed E-state index contributed by atoms with van der Waals surface area (Å²) >= 11 is 1.89. The van der Waals surface area contributed by atoms with E-state index in [-0.39, 0.29) is 0 Å². The highest BCUT2D eigenvalue weighted by molar-refractivity contribution is 7.98. The SMILES string of the molecule is CCNC(CSC)Cc1cccnc1. The van der Waals surface area contributed by atoms with Crippen LogP contribution in [0.2, 0.25) is 0 Å². The second-order valence-electron chi connectivity index (χ2n) is 3.28. The third kappa shape index (κ3) is 4.11. The van der Waals surface area contributed by atoms with Gasteiger partial charge in [-0.25, -0.2) is 0 Å². The lowest BCUT2D eigenvalue weighted by molar-refractivity contribution is 0.572. The fourth-order valence-electron chi connectivity index (χ4n) is 1.48. The molecule has 0 saturated carbocycles. The van der Waals surface area contributed by atoms with Crippen molar-refractivity contribution in [2.75, 3.05) is 18.6 Å². The average Bonchev–Trinajstić information content (AvgIpc) is 2.20. The largest absolute Gasteiger partial charge is 0.313 e. The minimum absolute atomic E-state index is 0.569. The number of nitrogens with one attached hydrogen (secondary N) is 1. The van der Waals surface area contributed by atoms with Crippen molar-refractivity contribution < 1.29 is 0 Å². The molecule has 1 atom stereocenters. The Labute approximate surface area is 90.5 Å². The van der Waals surface area contributed by atoms with Gasteiger partial charge in [0.1, 0.15) is 0 Å². The number of hydrogen-bond acceptors (Lipinski definition) is 3. The van der Waals surface area contributed by atoms with Crippen molar-refractivity contribution in [2.45, 2.75) is 19.4 Å². The van der Waals surface area contributed by atoms with Crippen LogP contribution >= 0.6 is 11.8 Å². The van der Waals surface area contributed by atoms with E-state index in [1.165, 1.54) is 5.56 Å². The summed E-state index contributed by atoms with van der Waals surface area (Å²) in [5.74, 6) is 1.16.